The van der Waals surface area contributed by atoms with Gasteiger partial charge in [0.2, 0.25) is 0 Å². The number of aliphatic hydroxyl groups excluding tert-OH is 1. The number of phosphoric acid groups is 1. The van der Waals surface area contributed by atoms with Gasteiger partial charge < -0.3 is 24.4 Å². The van der Waals surface area contributed by atoms with E-state index in [1.165, 1.54) is 44.9 Å². The Morgan fingerprint density at radius 2 is 1.44 bits per heavy atom. The van der Waals surface area contributed by atoms with Crippen molar-refractivity contribution in [1.29, 1.82) is 0 Å². The zero-order valence-electron chi connectivity index (χ0n) is 29.5. The second kappa shape index (κ2) is 27.7. The van der Waals surface area contributed by atoms with Crippen LogP contribution in [0.5, 0.6) is 0 Å². The molecule has 1 rings (SSSR count). The third-order valence-electron chi connectivity index (χ3n) is 8.41. The number of ether oxygens (including phenoxy) is 2. The first kappa shape index (κ1) is 43.9. The number of carbonyl (C=O) groups is 3. The van der Waals surface area contributed by atoms with Crippen molar-refractivity contribution in [3.8, 4) is 0 Å². The van der Waals surface area contributed by atoms with Crippen LogP contribution in [-0.2, 0) is 32.9 Å². The van der Waals surface area contributed by atoms with Crippen molar-refractivity contribution in [2.45, 2.75) is 154 Å². The first-order chi connectivity index (χ1) is 23.1. The van der Waals surface area contributed by atoms with Crippen LogP contribution in [0.15, 0.2) is 36.5 Å². The Morgan fingerprint density at radius 3 is 2.08 bits per heavy atom. The molecule has 0 bridgehead atoms. The van der Waals surface area contributed by atoms with Gasteiger partial charge in [-0.05, 0) is 44.1 Å². The van der Waals surface area contributed by atoms with E-state index in [9.17, 15) is 24.1 Å². The van der Waals surface area contributed by atoms with Crippen LogP contribution in [0, 0.1) is 11.8 Å². The molecule has 0 aromatic rings. The van der Waals surface area contributed by atoms with Crippen molar-refractivity contribution in [3.63, 3.8) is 0 Å². The van der Waals surface area contributed by atoms with Gasteiger partial charge in [-0.3, -0.25) is 18.9 Å². The summed E-state index contributed by atoms with van der Waals surface area (Å²) in [5, 5.41) is 10.2. The predicted octanol–water partition coefficient (Wildman–Crippen LogP) is 8.24. The highest BCUT2D eigenvalue weighted by atomic mass is 31.2. The van der Waals surface area contributed by atoms with E-state index in [2.05, 4.69) is 18.4 Å². The molecule has 4 atom stereocenters. The standard InChI is InChI=1S/C37H63O10P/c1-3-5-7-8-9-10-11-12-13-14-19-23-36(40)45-29-33(30-46-48(42,43)44)47-37(41)24-20-16-15-18-21-31-25-28-35(39)34(31)27-26-32(38)22-17-6-4-2/h15,18,25-28,31-34,38H,3-14,16-17,19-24,29-30H2,1-2H3,(H2,42,43,44)/b18-15-,27-26+/t31-,32-,33+,34+/m0/s1. The fraction of sp³-hybridized carbons (Fsp3) is 0.757. The SMILES string of the molecule is CCCCCCCCCCCCCC(=O)OC[C@H](COP(=O)(O)O)OC(=O)CCC/C=C\C[C@H]1C=CC(=O)[C@@H]1/C=C/[C@@H](O)CCCCC. The highest BCUT2D eigenvalue weighted by Gasteiger charge is 2.27. The van der Waals surface area contributed by atoms with Crippen LogP contribution >= 0.6 is 7.82 Å². The lowest BCUT2D eigenvalue weighted by Crippen LogP contribution is -2.29. The third kappa shape index (κ3) is 24.1. The Kier molecular flexibility index (Phi) is 25.3. The number of hydrogen-bond acceptors (Lipinski definition) is 8. The molecule has 10 nitrogen and oxygen atoms in total. The zero-order chi connectivity index (χ0) is 35.5. The Hall–Kier alpha value is -2.10. The van der Waals surface area contributed by atoms with Crippen LogP contribution in [0.2, 0.25) is 0 Å². The van der Waals surface area contributed by atoms with Crippen molar-refractivity contribution in [3.05, 3.63) is 36.5 Å². The molecule has 0 heterocycles. The molecule has 3 N–H and O–H groups in total. The summed E-state index contributed by atoms with van der Waals surface area (Å²) in [6.45, 7) is 3.39. The van der Waals surface area contributed by atoms with Gasteiger partial charge in [0.15, 0.2) is 11.9 Å². The van der Waals surface area contributed by atoms with E-state index in [0.29, 0.717) is 32.1 Å². The molecule has 0 unspecified atom stereocenters. The van der Waals surface area contributed by atoms with Crippen molar-refractivity contribution >= 4 is 25.5 Å². The quantitative estimate of drug-likeness (QED) is 0.0289. The molecule has 0 spiro atoms. The molecule has 48 heavy (non-hydrogen) atoms. The summed E-state index contributed by atoms with van der Waals surface area (Å²) < 4.78 is 26.2. The summed E-state index contributed by atoms with van der Waals surface area (Å²) in [5.74, 6) is -1.27. The number of carbonyl (C=O) groups excluding carboxylic acids is 3. The summed E-state index contributed by atoms with van der Waals surface area (Å²) >= 11 is 0. The number of aliphatic hydroxyl groups is 1. The third-order valence-corrected chi connectivity index (χ3v) is 8.89. The molecule has 0 fully saturated rings. The monoisotopic (exact) mass is 698 g/mol. The molecule has 0 aromatic heterocycles. The summed E-state index contributed by atoms with van der Waals surface area (Å²) in [7, 11) is -4.80. The Morgan fingerprint density at radius 1 is 0.833 bits per heavy atom. The second-order valence-corrected chi connectivity index (χ2v) is 14.1. The number of allylic oxidation sites excluding steroid dienone is 5. The molecule has 0 amide bonds. The van der Waals surface area contributed by atoms with Crippen LogP contribution in [-0.4, -0.2) is 58.0 Å². The fourth-order valence-electron chi connectivity index (χ4n) is 5.54. The van der Waals surface area contributed by atoms with E-state index < -0.39 is 38.6 Å². The first-order valence-electron chi connectivity index (χ1n) is 18.3. The Labute approximate surface area is 289 Å². The van der Waals surface area contributed by atoms with Crippen LogP contribution in [0.25, 0.3) is 0 Å². The first-order valence-corrected chi connectivity index (χ1v) is 19.9. The molecule has 0 saturated carbocycles. The minimum absolute atomic E-state index is 0.0187. The molecule has 0 aromatic carbocycles. The average Bonchev–Trinajstić information content (AvgIpc) is 3.39. The minimum Gasteiger partial charge on any atom is -0.462 e. The molecule has 0 saturated heterocycles. The van der Waals surface area contributed by atoms with E-state index in [4.69, 9.17) is 19.3 Å². The number of hydrogen-bond donors (Lipinski definition) is 3. The van der Waals surface area contributed by atoms with Gasteiger partial charge in [-0.25, -0.2) is 4.57 Å². The van der Waals surface area contributed by atoms with Gasteiger partial charge in [-0.2, -0.15) is 0 Å². The highest BCUT2D eigenvalue weighted by molar-refractivity contribution is 7.46. The fourth-order valence-corrected chi connectivity index (χ4v) is 5.90. The number of ketones is 1. The van der Waals surface area contributed by atoms with Gasteiger partial charge in [0, 0.05) is 18.8 Å². The molecular weight excluding hydrogens is 635 g/mol. The minimum atomic E-state index is -4.80. The molecule has 11 heteroatoms. The van der Waals surface area contributed by atoms with Crippen molar-refractivity contribution < 1.29 is 47.8 Å². The summed E-state index contributed by atoms with van der Waals surface area (Å²) in [5.41, 5.74) is 0. The predicted molar refractivity (Wildman–Crippen MR) is 188 cm³/mol. The lowest BCUT2D eigenvalue weighted by atomic mass is 9.90. The maximum Gasteiger partial charge on any atom is 0.469 e. The van der Waals surface area contributed by atoms with Gasteiger partial charge in [0.1, 0.15) is 6.61 Å². The molecule has 1 aliphatic carbocycles. The van der Waals surface area contributed by atoms with E-state index in [1.54, 1.807) is 12.2 Å². The number of rotatable bonds is 30. The van der Waals surface area contributed by atoms with Gasteiger partial charge in [-0.15, -0.1) is 0 Å². The normalized spacial score (nSPS) is 17.8. The lowest BCUT2D eigenvalue weighted by Gasteiger charge is -2.18. The maximum atomic E-state index is 12.4. The number of phosphoric ester groups is 1. The number of unbranched alkanes of at least 4 members (excludes halogenated alkanes) is 13. The highest BCUT2D eigenvalue weighted by Crippen LogP contribution is 2.36. The Bertz CT molecular complexity index is 1020. The largest absolute Gasteiger partial charge is 0.469 e. The van der Waals surface area contributed by atoms with Crippen molar-refractivity contribution in [2.24, 2.45) is 11.8 Å². The molecular formula is C37H63O10P. The lowest BCUT2D eigenvalue weighted by molar-refractivity contribution is -0.161. The Balaban J connectivity index is 2.33. The van der Waals surface area contributed by atoms with E-state index in [1.807, 2.05) is 24.3 Å². The molecule has 0 radical (unpaired) electrons. The maximum absolute atomic E-state index is 12.4. The van der Waals surface area contributed by atoms with Crippen molar-refractivity contribution in [1.82, 2.24) is 0 Å². The summed E-state index contributed by atoms with van der Waals surface area (Å²) in [6, 6.07) is 0. The van der Waals surface area contributed by atoms with E-state index >= 15 is 0 Å². The second-order valence-electron chi connectivity index (χ2n) is 12.9. The van der Waals surface area contributed by atoms with Crippen LogP contribution in [0.3, 0.4) is 0 Å². The topological polar surface area (TPSA) is 157 Å². The van der Waals surface area contributed by atoms with Crippen LogP contribution < -0.4 is 0 Å². The smallest absolute Gasteiger partial charge is 0.462 e. The number of esters is 2. The zero-order valence-corrected chi connectivity index (χ0v) is 30.4. The van der Waals surface area contributed by atoms with Gasteiger partial charge >= 0.3 is 19.8 Å². The summed E-state index contributed by atoms with van der Waals surface area (Å²) in [6.07, 6.45) is 27.9. The van der Waals surface area contributed by atoms with E-state index in [0.717, 1.165) is 38.5 Å². The average molecular weight is 699 g/mol. The molecule has 1 aliphatic rings. The van der Waals surface area contributed by atoms with Crippen molar-refractivity contribution in [2.75, 3.05) is 13.2 Å². The van der Waals surface area contributed by atoms with Crippen LogP contribution in [0.4, 0.5) is 0 Å². The molecule has 276 valence electrons. The van der Waals surface area contributed by atoms with E-state index in [-0.39, 0.29) is 37.1 Å². The summed E-state index contributed by atoms with van der Waals surface area (Å²) in [4.78, 5) is 55.1. The van der Waals surface area contributed by atoms with Gasteiger partial charge in [-0.1, -0.05) is 128 Å². The van der Waals surface area contributed by atoms with Gasteiger partial charge in [0.25, 0.3) is 0 Å². The van der Waals surface area contributed by atoms with Gasteiger partial charge in [0.05, 0.1) is 12.7 Å². The van der Waals surface area contributed by atoms with Crippen LogP contribution in [0.1, 0.15) is 142 Å². The molecule has 0 aliphatic heterocycles.